The maximum atomic E-state index is 13.3. The molecule has 0 bridgehead atoms. The zero-order chi connectivity index (χ0) is 44.3. The van der Waals surface area contributed by atoms with Crippen LogP contribution in [0.4, 0.5) is 11.4 Å². The van der Waals surface area contributed by atoms with Crippen LogP contribution < -0.4 is 19.3 Å². The van der Waals surface area contributed by atoms with Gasteiger partial charge in [0.15, 0.2) is 0 Å². The molecule has 0 atom stereocenters. The fraction of sp³-hybridized carbons (Fsp3) is 0.283. The highest BCUT2D eigenvalue weighted by Crippen LogP contribution is 2.33. The molecule has 4 aromatic carbocycles. The van der Waals surface area contributed by atoms with E-state index in [-0.39, 0.29) is 11.8 Å². The summed E-state index contributed by atoms with van der Waals surface area (Å²) in [5.41, 5.74) is 6.50. The van der Waals surface area contributed by atoms with Crippen LogP contribution in [0.15, 0.2) is 108 Å². The summed E-state index contributed by atoms with van der Waals surface area (Å²) in [5, 5.41) is 10.3. The number of hydrogen-bond donors (Lipinski definition) is 0. The molecule has 0 radical (unpaired) electrons. The molecule has 6 aromatic rings. The van der Waals surface area contributed by atoms with Crippen molar-refractivity contribution < 1.29 is 23.9 Å². The van der Waals surface area contributed by atoms with Crippen molar-refractivity contribution in [2.75, 3.05) is 82.6 Å². The Kier molecular flexibility index (Phi) is 15.6. The highest BCUT2D eigenvalue weighted by atomic mass is 35.5. The maximum Gasteiger partial charge on any atom is 0.272 e. The molecular weight excluding hydrogens is 848 g/mol. The molecule has 2 aliphatic heterocycles. The van der Waals surface area contributed by atoms with Crippen LogP contribution in [0, 0.1) is 13.8 Å². The van der Waals surface area contributed by atoms with E-state index in [4.69, 9.17) is 37.5 Å². The van der Waals surface area contributed by atoms with Gasteiger partial charge in [-0.15, -0.1) is 11.8 Å². The summed E-state index contributed by atoms with van der Waals surface area (Å²) >= 11 is 14.0. The highest BCUT2D eigenvalue weighted by Gasteiger charge is 2.28. The SMILES string of the molecule is C=O.COc1ccc(N2CCN(C(=O)c3cc(C)nn3-c3cccc(Cl)c3)CC2)c(OC)c1.CSc1ccccc1N1CCN(C(=O)c2cc(C)nn2-c2cccc(Cl)c2)CC1. The Bertz CT molecular complexity index is 2480. The van der Waals surface area contributed by atoms with Crippen LogP contribution in [0.5, 0.6) is 11.5 Å². The third kappa shape index (κ3) is 10.6. The van der Waals surface area contributed by atoms with Gasteiger partial charge in [-0.3, -0.25) is 9.59 Å². The first kappa shape index (κ1) is 45.6. The Balaban J connectivity index is 0.000000199. The maximum absolute atomic E-state index is 13.3. The molecule has 0 aliphatic carbocycles. The normalized spacial score (nSPS) is 13.7. The van der Waals surface area contributed by atoms with Crippen LogP contribution in [0.1, 0.15) is 32.4 Å². The van der Waals surface area contributed by atoms with Gasteiger partial charge in [0, 0.05) is 73.4 Å². The summed E-state index contributed by atoms with van der Waals surface area (Å²) in [7, 11) is 3.28. The zero-order valence-electron chi connectivity index (χ0n) is 35.5. The van der Waals surface area contributed by atoms with Crippen molar-refractivity contribution in [3.63, 3.8) is 0 Å². The van der Waals surface area contributed by atoms with Gasteiger partial charge in [-0.25, -0.2) is 9.36 Å². The monoisotopic (exact) mass is 896 g/mol. The standard InChI is InChI=1S/C23H25ClN4O3.C22H23ClN4OS.CH2O/c1-16-13-21(28(25-16)18-6-4-5-17(24)14-18)23(29)27-11-9-26(10-12-27)20-8-7-19(30-2)15-22(20)31-3;1-16-14-20(27(24-16)18-7-5-6-17(23)15-18)22(28)26-12-10-25(11-13-26)19-8-3-4-9-21(19)29-2;1-2/h4-8,13-15H,9-12H2,1-3H3;3-9,14-15H,10-13H2,1-2H3;1H2. The number of halogens is 2. The van der Waals surface area contributed by atoms with E-state index in [9.17, 15) is 9.59 Å². The van der Waals surface area contributed by atoms with Crippen LogP contribution in [-0.4, -0.2) is 121 Å². The minimum absolute atomic E-state index is 0.00313. The quantitative estimate of drug-likeness (QED) is 0.132. The number of aromatic nitrogens is 4. The number of amides is 2. The van der Waals surface area contributed by atoms with Crippen LogP contribution >= 0.6 is 35.0 Å². The van der Waals surface area contributed by atoms with Gasteiger partial charge in [-0.05, 0) is 92.9 Å². The van der Waals surface area contributed by atoms with Gasteiger partial charge in [-0.2, -0.15) is 10.2 Å². The Hall–Kier alpha value is -5.96. The van der Waals surface area contributed by atoms with Gasteiger partial charge < -0.3 is 33.9 Å². The molecule has 2 saturated heterocycles. The number of anilines is 2. The fourth-order valence-corrected chi connectivity index (χ4v) is 8.47. The van der Waals surface area contributed by atoms with Crippen LogP contribution in [0.3, 0.4) is 0 Å². The molecule has 8 rings (SSSR count). The summed E-state index contributed by atoms with van der Waals surface area (Å²) in [6.07, 6.45) is 2.10. The van der Waals surface area contributed by atoms with E-state index in [0.29, 0.717) is 60.7 Å². The number of carbonyl (C=O) groups excluding carboxylic acids is 3. The second-order valence-corrected chi connectivity index (χ2v) is 16.1. The molecule has 16 heteroatoms. The number of para-hydroxylation sites is 1. The number of hydrogen-bond acceptors (Lipinski definition) is 10. The molecule has 0 unspecified atom stereocenters. The van der Waals surface area contributed by atoms with Crippen LogP contribution in [0.2, 0.25) is 10.0 Å². The van der Waals surface area contributed by atoms with Crippen LogP contribution in [-0.2, 0) is 4.79 Å². The van der Waals surface area contributed by atoms with Gasteiger partial charge >= 0.3 is 0 Å². The number of carbonyl (C=O) groups is 3. The lowest BCUT2D eigenvalue weighted by molar-refractivity contribution is -0.0980. The lowest BCUT2D eigenvalue weighted by Crippen LogP contribution is -2.49. The number of piperazine rings is 2. The molecule has 2 aromatic heterocycles. The summed E-state index contributed by atoms with van der Waals surface area (Å²) in [5.74, 6) is 1.47. The predicted molar refractivity (Wildman–Crippen MR) is 248 cm³/mol. The van der Waals surface area contributed by atoms with Gasteiger partial charge in [0.1, 0.15) is 29.7 Å². The largest absolute Gasteiger partial charge is 0.497 e. The number of aryl methyl sites for hydroxylation is 2. The molecule has 2 amide bonds. The lowest BCUT2D eigenvalue weighted by atomic mass is 10.2. The fourth-order valence-electron chi connectivity index (χ4n) is 7.48. The number of benzene rings is 4. The Morgan fingerprint density at radius 2 is 1.08 bits per heavy atom. The first-order valence-corrected chi connectivity index (χ1v) is 21.9. The summed E-state index contributed by atoms with van der Waals surface area (Å²) < 4.78 is 14.2. The summed E-state index contributed by atoms with van der Waals surface area (Å²) in [6.45, 7) is 11.4. The van der Waals surface area contributed by atoms with Gasteiger partial charge in [0.2, 0.25) is 0 Å². The van der Waals surface area contributed by atoms with E-state index in [2.05, 4.69) is 50.5 Å². The second kappa shape index (κ2) is 21.2. The average Bonchev–Trinajstić information content (AvgIpc) is 3.91. The van der Waals surface area contributed by atoms with Crippen molar-refractivity contribution in [3.8, 4) is 22.9 Å². The van der Waals surface area contributed by atoms with Gasteiger partial charge in [0.05, 0.1) is 48.4 Å². The smallest absolute Gasteiger partial charge is 0.272 e. The number of methoxy groups -OCH3 is 2. The molecular formula is C46H50Cl2N8O5S. The third-order valence-electron chi connectivity index (χ3n) is 10.5. The van der Waals surface area contributed by atoms with E-state index in [0.717, 1.165) is 53.0 Å². The molecule has 4 heterocycles. The predicted octanol–water partition coefficient (Wildman–Crippen LogP) is 8.15. The molecule has 0 saturated carbocycles. The number of nitrogens with zero attached hydrogens (tertiary/aromatic N) is 8. The zero-order valence-corrected chi connectivity index (χ0v) is 37.8. The summed E-state index contributed by atoms with van der Waals surface area (Å²) in [6, 6.07) is 32.6. The second-order valence-electron chi connectivity index (χ2n) is 14.4. The Morgan fingerprint density at radius 1 is 0.597 bits per heavy atom. The lowest BCUT2D eigenvalue weighted by Gasteiger charge is -2.36. The van der Waals surface area contributed by atoms with E-state index in [1.54, 1.807) is 47.5 Å². The molecule has 0 N–H and O–H groups in total. The number of rotatable bonds is 9. The average molecular weight is 898 g/mol. The molecule has 2 aliphatic rings. The van der Waals surface area contributed by atoms with Gasteiger partial charge in [0.25, 0.3) is 11.8 Å². The minimum atomic E-state index is -0.0399. The first-order chi connectivity index (χ1) is 30.1. The van der Waals surface area contributed by atoms with Crippen molar-refractivity contribution in [1.29, 1.82) is 0 Å². The van der Waals surface area contributed by atoms with Crippen LogP contribution in [0.25, 0.3) is 11.4 Å². The highest BCUT2D eigenvalue weighted by molar-refractivity contribution is 7.98. The van der Waals surface area contributed by atoms with E-state index < -0.39 is 0 Å². The van der Waals surface area contributed by atoms with Crippen molar-refractivity contribution in [2.45, 2.75) is 18.7 Å². The van der Waals surface area contributed by atoms with Gasteiger partial charge in [-0.1, -0.05) is 47.5 Å². The topological polar surface area (TPSA) is 118 Å². The van der Waals surface area contributed by atoms with Crippen molar-refractivity contribution in [2.24, 2.45) is 0 Å². The molecule has 62 heavy (non-hydrogen) atoms. The molecule has 0 spiro atoms. The Morgan fingerprint density at radius 3 is 1.53 bits per heavy atom. The summed E-state index contributed by atoms with van der Waals surface area (Å²) in [4.78, 5) is 44.2. The molecule has 324 valence electrons. The third-order valence-corrected chi connectivity index (χ3v) is 11.7. The first-order valence-electron chi connectivity index (χ1n) is 19.9. The molecule has 13 nitrogen and oxygen atoms in total. The number of thioether (sulfide) groups is 1. The number of ether oxygens (including phenoxy) is 2. The van der Waals surface area contributed by atoms with Crippen molar-refractivity contribution in [1.82, 2.24) is 29.4 Å². The van der Waals surface area contributed by atoms with E-state index in [1.165, 1.54) is 10.6 Å². The minimum Gasteiger partial charge on any atom is -0.497 e. The Labute approximate surface area is 376 Å². The molecule has 2 fully saturated rings. The van der Waals surface area contributed by atoms with Crippen molar-refractivity contribution in [3.05, 3.63) is 136 Å². The van der Waals surface area contributed by atoms with Crippen molar-refractivity contribution >= 4 is 64.9 Å². The van der Waals surface area contributed by atoms with E-state index >= 15 is 0 Å². The van der Waals surface area contributed by atoms with E-state index in [1.807, 2.05) is 97.2 Å².